The van der Waals surface area contributed by atoms with Crippen LogP contribution in [0.5, 0.6) is 0 Å². The molecule has 5 nitrogen and oxygen atoms in total. The molecule has 0 aromatic heterocycles. The van der Waals surface area contributed by atoms with Crippen LogP contribution < -0.4 is 34.9 Å². The van der Waals surface area contributed by atoms with Gasteiger partial charge in [0.1, 0.15) is 10.1 Å². The summed E-state index contributed by atoms with van der Waals surface area (Å²) in [6.07, 6.45) is 0. The molecule has 1 aromatic rings. The summed E-state index contributed by atoms with van der Waals surface area (Å²) >= 11 is 0. The molecule has 0 saturated carbocycles. The van der Waals surface area contributed by atoms with Gasteiger partial charge in [-0.05, 0) is 24.6 Å². The molecule has 0 aliphatic carbocycles. The summed E-state index contributed by atoms with van der Waals surface area (Å²) in [7, 11) is -4.41. The summed E-state index contributed by atoms with van der Waals surface area (Å²) in [4.78, 5) is 10.5. The van der Waals surface area contributed by atoms with Gasteiger partial charge in [-0.25, -0.2) is 8.42 Å². The smallest absolute Gasteiger partial charge is 0.744 e. The van der Waals surface area contributed by atoms with Crippen molar-refractivity contribution >= 4 is 16.0 Å². The number of hydrogen-bond donors (Lipinski definition) is 1. The van der Waals surface area contributed by atoms with Gasteiger partial charge in [-0.3, -0.25) is 4.79 Å². The van der Waals surface area contributed by atoms with Crippen LogP contribution in [0.25, 0.3) is 0 Å². The van der Waals surface area contributed by atoms with Gasteiger partial charge in [0, 0.05) is 6.92 Å². The summed E-state index contributed by atoms with van der Waals surface area (Å²) in [5.74, 6) is -0.173. The van der Waals surface area contributed by atoms with E-state index < -0.39 is 10.1 Å². The molecule has 0 bridgehead atoms. The van der Waals surface area contributed by atoms with Gasteiger partial charge in [-0.15, -0.1) is 0 Å². The van der Waals surface area contributed by atoms with Gasteiger partial charge in [0.05, 0.1) is 10.9 Å². The SMILES string of the molecule is CC(=O)NC(C)c1ccc(S(=O)(=O)[O-])cc1.[Na+]. The second kappa shape index (κ2) is 6.51. The third-order valence-electron chi connectivity index (χ3n) is 2.09. The average Bonchev–Trinajstić information content (AvgIpc) is 2.15. The molecule has 0 aliphatic heterocycles. The number of benzene rings is 1. The molecule has 0 heterocycles. The molecule has 88 valence electrons. The Balaban J connectivity index is 0.00000256. The van der Waals surface area contributed by atoms with Gasteiger partial charge in [0.25, 0.3) is 0 Å². The summed E-state index contributed by atoms with van der Waals surface area (Å²) in [6, 6.07) is 5.25. The van der Waals surface area contributed by atoms with E-state index in [1.165, 1.54) is 31.2 Å². The zero-order chi connectivity index (χ0) is 12.3. The van der Waals surface area contributed by atoms with Crippen LogP contribution in [0.3, 0.4) is 0 Å². The summed E-state index contributed by atoms with van der Waals surface area (Å²) < 4.78 is 32.0. The molecule has 0 radical (unpaired) electrons. The molecule has 17 heavy (non-hydrogen) atoms. The third kappa shape index (κ3) is 5.18. The van der Waals surface area contributed by atoms with Crippen LogP contribution in [0.4, 0.5) is 0 Å². The maximum absolute atomic E-state index is 10.8. The summed E-state index contributed by atoms with van der Waals surface area (Å²) in [5, 5.41) is 2.65. The summed E-state index contributed by atoms with van der Waals surface area (Å²) in [5.41, 5.74) is 0.739. The van der Waals surface area contributed by atoms with Crippen LogP contribution in [0.1, 0.15) is 25.5 Å². The molecule has 0 spiro atoms. The molecule has 1 amide bonds. The molecule has 0 aliphatic rings. The van der Waals surface area contributed by atoms with Crippen molar-refractivity contribution in [3.63, 3.8) is 0 Å². The van der Waals surface area contributed by atoms with E-state index in [1.807, 2.05) is 0 Å². The van der Waals surface area contributed by atoms with Crippen molar-refractivity contribution in [3.8, 4) is 0 Å². The fourth-order valence-electron chi connectivity index (χ4n) is 1.31. The van der Waals surface area contributed by atoms with Gasteiger partial charge in [-0.2, -0.15) is 0 Å². The van der Waals surface area contributed by atoms with E-state index in [0.717, 1.165) is 5.56 Å². The second-order valence-electron chi connectivity index (χ2n) is 3.45. The van der Waals surface area contributed by atoms with Gasteiger partial charge in [-0.1, -0.05) is 12.1 Å². The Kier molecular flexibility index (Phi) is 6.36. The molecule has 0 saturated heterocycles. The van der Waals surface area contributed by atoms with Crippen molar-refractivity contribution in [2.75, 3.05) is 0 Å². The van der Waals surface area contributed by atoms with E-state index in [9.17, 15) is 17.8 Å². The van der Waals surface area contributed by atoms with Crippen molar-refractivity contribution in [1.29, 1.82) is 0 Å². The van der Waals surface area contributed by atoms with E-state index in [-0.39, 0.29) is 46.4 Å². The van der Waals surface area contributed by atoms with Gasteiger partial charge < -0.3 is 9.87 Å². The first-order chi connectivity index (χ1) is 7.30. The van der Waals surface area contributed by atoms with Crippen molar-refractivity contribution in [1.82, 2.24) is 5.32 Å². The first-order valence-corrected chi connectivity index (χ1v) is 6.04. The van der Waals surface area contributed by atoms with Crippen LogP contribution in [-0.4, -0.2) is 18.9 Å². The first-order valence-electron chi connectivity index (χ1n) is 4.63. The normalized spacial score (nSPS) is 12.4. The quantitative estimate of drug-likeness (QED) is 0.496. The van der Waals surface area contributed by atoms with Crippen LogP contribution in [0, 0.1) is 0 Å². The van der Waals surface area contributed by atoms with Gasteiger partial charge in [0.2, 0.25) is 5.91 Å². The molecule has 1 atom stereocenters. The molecule has 7 heteroatoms. The summed E-state index contributed by atoms with van der Waals surface area (Å²) in [6.45, 7) is 3.16. The minimum Gasteiger partial charge on any atom is -0.744 e. The Hall–Kier alpha value is -0.400. The topological polar surface area (TPSA) is 86.3 Å². The number of carbonyl (C=O) groups is 1. The monoisotopic (exact) mass is 265 g/mol. The Labute approximate surface area is 123 Å². The molecule has 0 fully saturated rings. The zero-order valence-corrected chi connectivity index (χ0v) is 12.7. The number of nitrogens with one attached hydrogen (secondary N) is 1. The fraction of sp³-hybridized carbons (Fsp3) is 0.300. The average molecular weight is 265 g/mol. The number of hydrogen-bond acceptors (Lipinski definition) is 4. The van der Waals surface area contributed by atoms with Crippen LogP contribution in [0.2, 0.25) is 0 Å². The van der Waals surface area contributed by atoms with E-state index in [2.05, 4.69) is 5.32 Å². The third-order valence-corrected chi connectivity index (χ3v) is 2.94. The first kappa shape index (κ1) is 16.6. The minimum absolute atomic E-state index is 0. The standard InChI is InChI=1S/C10H13NO4S.Na/c1-7(11-8(2)12)9-3-5-10(6-4-9)16(13,14)15;/h3-7H,1-2H3,(H,11,12)(H,13,14,15);/q;+1/p-1. The Morgan fingerprint density at radius 3 is 2.12 bits per heavy atom. The fourth-order valence-corrected chi connectivity index (χ4v) is 1.78. The van der Waals surface area contributed by atoms with Crippen LogP contribution in [0.15, 0.2) is 29.2 Å². The molecular weight excluding hydrogens is 253 g/mol. The van der Waals surface area contributed by atoms with Crippen molar-refractivity contribution in [2.45, 2.75) is 24.8 Å². The number of carbonyl (C=O) groups excluding carboxylic acids is 1. The molecule has 1 aromatic carbocycles. The van der Waals surface area contributed by atoms with Gasteiger partial charge in [0.15, 0.2) is 0 Å². The predicted molar refractivity (Wildman–Crippen MR) is 56.6 cm³/mol. The van der Waals surface area contributed by atoms with E-state index >= 15 is 0 Å². The van der Waals surface area contributed by atoms with E-state index in [0.29, 0.717) is 0 Å². The Bertz CT molecular complexity index is 484. The van der Waals surface area contributed by atoms with Gasteiger partial charge >= 0.3 is 29.6 Å². The maximum atomic E-state index is 10.8. The van der Waals surface area contributed by atoms with E-state index in [4.69, 9.17) is 0 Å². The molecule has 1 unspecified atom stereocenters. The maximum Gasteiger partial charge on any atom is 1.00 e. The molecule has 1 rings (SSSR count). The zero-order valence-electron chi connectivity index (χ0n) is 9.93. The Morgan fingerprint density at radius 1 is 1.29 bits per heavy atom. The molecular formula is C10H12NNaO4S. The predicted octanol–water partition coefficient (Wildman–Crippen LogP) is -2.21. The van der Waals surface area contributed by atoms with Crippen LogP contribution in [-0.2, 0) is 14.9 Å². The number of rotatable bonds is 3. The number of amides is 1. The largest absolute Gasteiger partial charge is 1.00 e. The minimum atomic E-state index is -4.41. The van der Waals surface area contributed by atoms with Crippen molar-refractivity contribution < 1.29 is 47.3 Å². The van der Waals surface area contributed by atoms with Crippen molar-refractivity contribution in [2.24, 2.45) is 0 Å². The Morgan fingerprint density at radius 2 is 1.76 bits per heavy atom. The van der Waals surface area contributed by atoms with Crippen molar-refractivity contribution in [3.05, 3.63) is 29.8 Å². The second-order valence-corrected chi connectivity index (χ2v) is 4.83. The van der Waals surface area contributed by atoms with Crippen LogP contribution >= 0.6 is 0 Å². The molecule has 1 N–H and O–H groups in total. The van der Waals surface area contributed by atoms with E-state index in [1.54, 1.807) is 6.92 Å².